The lowest BCUT2D eigenvalue weighted by Crippen LogP contribution is -2.16. The summed E-state index contributed by atoms with van der Waals surface area (Å²) in [6.45, 7) is 18.7. The highest BCUT2D eigenvalue weighted by atomic mass is 15.1. The lowest BCUT2D eigenvalue weighted by atomic mass is 9.78. The first-order valence-corrected chi connectivity index (χ1v) is 21.4. The highest BCUT2D eigenvalue weighted by molar-refractivity contribution is 5.91. The van der Waals surface area contributed by atoms with E-state index >= 15 is 0 Å². The van der Waals surface area contributed by atoms with Crippen LogP contribution in [0.3, 0.4) is 0 Å². The van der Waals surface area contributed by atoms with Gasteiger partial charge >= 0.3 is 0 Å². The fourth-order valence-corrected chi connectivity index (χ4v) is 9.02. The molecule has 1 nitrogen and oxygen atoms in total. The van der Waals surface area contributed by atoms with E-state index in [2.05, 4.69) is 248 Å². The van der Waals surface area contributed by atoms with Crippen molar-refractivity contribution in [1.29, 1.82) is 0 Å². The topological polar surface area (TPSA) is 3.24 Å². The molecule has 1 aliphatic rings. The first kappa shape index (κ1) is 39.0. The fraction of sp³-hybridized carbons (Fsp3) is 0.186. The molecule has 0 atom stereocenters. The van der Waals surface area contributed by atoms with Crippen molar-refractivity contribution in [3.05, 3.63) is 210 Å². The van der Waals surface area contributed by atoms with E-state index in [4.69, 9.17) is 0 Å². The van der Waals surface area contributed by atoms with Gasteiger partial charge < -0.3 is 4.90 Å². The van der Waals surface area contributed by atoms with Crippen LogP contribution in [0.1, 0.15) is 77.6 Å². The molecule has 8 aromatic carbocycles. The first-order valence-electron chi connectivity index (χ1n) is 21.4. The van der Waals surface area contributed by atoms with Crippen molar-refractivity contribution in [3.63, 3.8) is 0 Å². The molecule has 0 unspecified atom stereocenters. The van der Waals surface area contributed by atoms with Crippen molar-refractivity contribution in [2.24, 2.45) is 0 Å². The Balaban J connectivity index is 1.24. The highest BCUT2D eigenvalue weighted by Crippen LogP contribution is 2.51. The van der Waals surface area contributed by atoms with E-state index in [0.29, 0.717) is 0 Å². The van der Waals surface area contributed by atoms with Gasteiger partial charge in [0.2, 0.25) is 0 Å². The molecule has 296 valence electrons. The van der Waals surface area contributed by atoms with E-state index in [1.165, 1.54) is 77.9 Å². The van der Waals surface area contributed by atoms with Crippen LogP contribution in [0.25, 0.3) is 55.6 Å². The summed E-state index contributed by atoms with van der Waals surface area (Å²) in [7, 11) is 0. The van der Waals surface area contributed by atoms with Gasteiger partial charge in [0.15, 0.2) is 0 Å². The minimum atomic E-state index is -0.118. The van der Waals surface area contributed by atoms with Crippen LogP contribution in [0.5, 0.6) is 0 Å². The molecule has 0 radical (unpaired) electrons. The molecule has 60 heavy (non-hydrogen) atoms. The first-order chi connectivity index (χ1) is 28.8. The Morgan fingerprint density at radius 2 is 0.817 bits per heavy atom. The molecule has 0 spiro atoms. The van der Waals surface area contributed by atoms with Crippen LogP contribution in [0, 0.1) is 0 Å². The summed E-state index contributed by atoms with van der Waals surface area (Å²) in [5.74, 6) is 0. The van der Waals surface area contributed by atoms with Crippen LogP contribution >= 0.6 is 0 Å². The Morgan fingerprint density at radius 1 is 0.317 bits per heavy atom. The van der Waals surface area contributed by atoms with Gasteiger partial charge in [0.1, 0.15) is 0 Å². The van der Waals surface area contributed by atoms with Crippen molar-refractivity contribution in [2.75, 3.05) is 4.90 Å². The SMILES string of the molecule is CC(C)(C)c1cc(-c2ccc(-c3ccccc3)cc2-c2cccc(N(c3ccc(-c4ccccc4)cc3)c3ccc4c(c3)C(C)(C)c3ccccc3-4)c2)cc(C(C)(C)C)c1. The smallest absolute Gasteiger partial charge is 0.0467 e. The maximum Gasteiger partial charge on any atom is 0.0467 e. The summed E-state index contributed by atoms with van der Waals surface area (Å²) in [5.41, 5.74) is 21.1. The number of anilines is 3. The summed E-state index contributed by atoms with van der Waals surface area (Å²) in [4.78, 5) is 2.44. The third kappa shape index (κ3) is 7.28. The predicted molar refractivity (Wildman–Crippen MR) is 258 cm³/mol. The zero-order valence-corrected chi connectivity index (χ0v) is 36.3. The minimum absolute atomic E-state index is 0.00241. The predicted octanol–water partition coefficient (Wildman–Crippen LogP) is 16.7. The summed E-state index contributed by atoms with van der Waals surface area (Å²) in [5, 5.41) is 0. The third-order valence-electron chi connectivity index (χ3n) is 12.6. The fourth-order valence-electron chi connectivity index (χ4n) is 9.02. The van der Waals surface area contributed by atoms with Gasteiger partial charge in [-0.3, -0.25) is 0 Å². The lowest BCUT2D eigenvalue weighted by molar-refractivity contribution is 0.569. The van der Waals surface area contributed by atoms with Crippen LogP contribution in [-0.4, -0.2) is 0 Å². The van der Waals surface area contributed by atoms with Crippen molar-refractivity contribution in [1.82, 2.24) is 0 Å². The van der Waals surface area contributed by atoms with Gasteiger partial charge in [0.05, 0.1) is 0 Å². The Bertz CT molecular complexity index is 2800. The van der Waals surface area contributed by atoms with E-state index in [1.54, 1.807) is 0 Å². The van der Waals surface area contributed by atoms with Gasteiger partial charge in [-0.15, -0.1) is 0 Å². The van der Waals surface area contributed by atoms with E-state index in [1.807, 2.05) is 0 Å². The molecular formula is C59H55N. The number of benzene rings is 8. The van der Waals surface area contributed by atoms with E-state index in [9.17, 15) is 0 Å². The monoisotopic (exact) mass is 777 g/mol. The number of hydrogen-bond donors (Lipinski definition) is 0. The molecule has 0 aromatic heterocycles. The molecule has 0 saturated carbocycles. The molecule has 0 aliphatic heterocycles. The van der Waals surface area contributed by atoms with Gasteiger partial charge in [-0.05, 0) is 131 Å². The summed E-state index contributed by atoms with van der Waals surface area (Å²) < 4.78 is 0. The standard InChI is InChI=1S/C59H55N/c1-57(2,3)46-34-45(35-47(38-46)58(4,5)6)51-32-28-43(41-20-13-10-14-21-41)37-54(51)44-22-17-23-49(36-44)60(48-29-26-42(27-30-48)40-18-11-9-12-19-40)50-31-33-53-52-24-15-16-25-55(52)59(7,8)56(53)39-50/h9-39H,1-8H3. The molecule has 0 N–H and O–H groups in total. The molecule has 9 rings (SSSR count). The molecule has 0 fully saturated rings. The van der Waals surface area contributed by atoms with Gasteiger partial charge in [-0.2, -0.15) is 0 Å². The molecule has 0 amide bonds. The number of hydrogen-bond acceptors (Lipinski definition) is 1. The zero-order valence-electron chi connectivity index (χ0n) is 36.3. The van der Waals surface area contributed by atoms with Crippen LogP contribution in [0.4, 0.5) is 17.1 Å². The Hall–Kier alpha value is -6.44. The summed E-state index contributed by atoms with van der Waals surface area (Å²) in [6.07, 6.45) is 0. The van der Waals surface area contributed by atoms with Crippen LogP contribution in [0.2, 0.25) is 0 Å². The Morgan fingerprint density at radius 3 is 1.47 bits per heavy atom. The van der Waals surface area contributed by atoms with Crippen molar-refractivity contribution >= 4 is 17.1 Å². The third-order valence-corrected chi connectivity index (χ3v) is 12.6. The van der Waals surface area contributed by atoms with Crippen molar-refractivity contribution < 1.29 is 0 Å². The average molecular weight is 778 g/mol. The summed E-state index contributed by atoms with van der Waals surface area (Å²) >= 11 is 0. The number of rotatable bonds is 7. The Labute approximate surface area is 358 Å². The van der Waals surface area contributed by atoms with Gasteiger partial charge in [0, 0.05) is 22.5 Å². The summed E-state index contributed by atoms with van der Waals surface area (Å²) in [6, 6.07) is 69.9. The molecular weight excluding hydrogens is 723 g/mol. The van der Waals surface area contributed by atoms with Crippen LogP contribution in [0.15, 0.2) is 188 Å². The molecule has 1 heteroatoms. The average Bonchev–Trinajstić information content (AvgIpc) is 3.49. The van der Waals surface area contributed by atoms with E-state index < -0.39 is 0 Å². The van der Waals surface area contributed by atoms with Gasteiger partial charge in [-0.1, -0.05) is 201 Å². The van der Waals surface area contributed by atoms with Crippen LogP contribution in [-0.2, 0) is 16.2 Å². The second-order valence-corrected chi connectivity index (χ2v) is 19.1. The van der Waals surface area contributed by atoms with Gasteiger partial charge in [-0.25, -0.2) is 0 Å². The molecule has 0 bridgehead atoms. The van der Waals surface area contributed by atoms with Crippen molar-refractivity contribution in [3.8, 4) is 55.6 Å². The zero-order chi connectivity index (χ0) is 41.8. The van der Waals surface area contributed by atoms with Gasteiger partial charge in [0.25, 0.3) is 0 Å². The highest BCUT2D eigenvalue weighted by Gasteiger charge is 2.36. The largest absolute Gasteiger partial charge is 0.310 e. The second kappa shape index (κ2) is 15.0. The van der Waals surface area contributed by atoms with Crippen LogP contribution < -0.4 is 4.90 Å². The molecule has 0 saturated heterocycles. The lowest BCUT2D eigenvalue weighted by Gasteiger charge is -2.29. The molecule has 8 aromatic rings. The Kier molecular flexibility index (Phi) is 9.75. The maximum absolute atomic E-state index is 2.44. The maximum atomic E-state index is 2.44. The second-order valence-electron chi connectivity index (χ2n) is 19.1. The molecule has 1 aliphatic carbocycles. The minimum Gasteiger partial charge on any atom is -0.310 e. The number of nitrogens with zero attached hydrogens (tertiary/aromatic N) is 1. The quantitative estimate of drug-likeness (QED) is 0.156. The normalized spacial score (nSPS) is 13.1. The van der Waals surface area contributed by atoms with E-state index in [-0.39, 0.29) is 16.2 Å². The molecule has 0 heterocycles. The van der Waals surface area contributed by atoms with Crippen molar-refractivity contribution in [2.45, 2.75) is 71.6 Å². The number of fused-ring (bicyclic) bond motifs is 3. The van der Waals surface area contributed by atoms with E-state index in [0.717, 1.165) is 17.1 Å².